The number of aromatic nitrogens is 3. The smallest absolute Gasteiger partial charge is 0.329 e. The Morgan fingerprint density at radius 2 is 1.56 bits per heavy atom. The molecule has 0 aliphatic carbocycles. The fourth-order valence-electron chi connectivity index (χ4n) is 4.27. The number of hydrogen-bond donors (Lipinski definition) is 2. The Balaban J connectivity index is 1.29. The molecule has 1 aliphatic heterocycles. The number of nitrogens with zero attached hydrogens (tertiary/aromatic N) is 3. The summed E-state index contributed by atoms with van der Waals surface area (Å²) in [5, 5.41) is 1.25. The summed E-state index contributed by atoms with van der Waals surface area (Å²) in [6, 6.07) is 19.4. The molecule has 4 aromatic rings. The van der Waals surface area contributed by atoms with E-state index in [9.17, 15) is 9.59 Å². The normalized spacial score (nSPS) is 14.8. The number of anilines is 1. The third kappa shape index (κ3) is 3.97. The predicted molar refractivity (Wildman–Crippen MR) is 129 cm³/mol. The number of rotatable bonds is 5. The van der Waals surface area contributed by atoms with Gasteiger partial charge in [-0.15, -0.1) is 0 Å². The van der Waals surface area contributed by atoms with Gasteiger partial charge in [-0.25, -0.2) is 4.79 Å². The minimum absolute atomic E-state index is 0.267. The zero-order chi connectivity index (χ0) is 22.1. The van der Waals surface area contributed by atoms with Gasteiger partial charge < -0.3 is 9.88 Å². The van der Waals surface area contributed by atoms with Crippen molar-refractivity contribution in [3.05, 3.63) is 86.5 Å². The first-order valence-corrected chi connectivity index (χ1v) is 11.1. The van der Waals surface area contributed by atoms with E-state index in [1.807, 2.05) is 60.7 Å². The van der Waals surface area contributed by atoms with Crippen molar-refractivity contribution < 1.29 is 0 Å². The molecule has 0 unspecified atom stereocenters. The third-order valence-corrected chi connectivity index (χ3v) is 6.38. The zero-order valence-electron chi connectivity index (χ0n) is 17.6. The van der Waals surface area contributed by atoms with Gasteiger partial charge in [0.1, 0.15) is 5.65 Å². The summed E-state index contributed by atoms with van der Waals surface area (Å²) >= 11 is 6.32. The van der Waals surface area contributed by atoms with Gasteiger partial charge in [0.25, 0.3) is 5.56 Å². The van der Waals surface area contributed by atoms with Crippen LogP contribution in [0.25, 0.3) is 22.3 Å². The average molecular weight is 450 g/mol. The van der Waals surface area contributed by atoms with E-state index < -0.39 is 5.69 Å². The van der Waals surface area contributed by atoms with Crippen LogP contribution < -0.4 is 16.1 Å². The van der Waals surface area contributed by atoms with Crippen molar-refractivity contribution in [2.45, 2.75) is 6.54 Å². The SMILES string of the molecule is O=c1[nH]c2[nH]c(-c3ccccc3)cc2c(=O)n1CCN1CCN(c2ccccc2Cl)CC1. The number of H-pyrrole nitrogens is 2. The topological polar surface area (TPSA) is 77.1 Å². The predicted octanol–water partition coefficient (Wildman–Crippen LogP) is 3.16. The van der Waals surface area contributed by atoms with Crippen molar-refractivity contribution in [3.63, 3.8) is 0 Å². The van der Waals surface area contributed by atoms with Crippen LogP contribution in [0.3, 0.4) is 0 Å². The summed E-state index contributed by atoms with van der Waals surface area (Å²) in [5.41, 5.74) is 2.63. The van der Waals surface area contributed by atoms with Crippen molar-refractivity contribution in [1.82, 2.24) is 19.4 Å². The van der Waals surface area contributed by atoms with Gasteiger partial charge >= 0.3 is 5.69 Å². The molecule has 1 aliphatic rings. The summed E-state index contributed by atoms with van der Waals surface area (Å²) in [5.74, 6) is 0. The number of benzene rings is 2. The first-order valence-electron chi connectivity index (χ1n) is 10.7. The average Bonchev–Trinajstić information content (AvgIpc) is 3.25. The van der Waals surface area contributed by atoms with Crippen LogP contribution in [0, 0.1) is 0 Å². The van der Waals surface area contributed by atoms with Crippen LogP contribution in [-0.4, -0.2) is 52.2 Å². The second-order valence-electron chi connectivity index (χ2n) is 8.00. The Morgan fingerprint density at radius 3 is 2.31 bits per heavy atom. The van der Waals surface area contributed by atoms with Crippen LogP contribution in [0.4, 0.5) is 5.69 Å². The molecule has 8 heteroatoms. The van der Waals surface area contributed by atoms with E-state index in [0.29, 0.717) is 24.1 Å². The molecule has 1 saturated heterocycles. The second-order valence-corrected chi connectivity index (χ2v) is 8.41. The lowest BCUT2D eigenvalue weighted by atomic mass is 10.1. The number of hydrogen-bond acceptors (Lipinski definition) is 4. The number of halogens is 1. The van der Waals surface area contributed by atoms with Crippen molar-refractivity contribution >= 4 is 28.3 Å². The first kappa shape index (κ1) is 20.6. The maximum atomic E-state index is 13.0. The lowest BCUT2D eigenvalue weighted by molar-refractivity contribution is 0.246. The van der Waals surface area contributed by atoms with Gasteiger partial charge in [0.2, 0.25) is 0 Å². The lowest BCUT2D eigenvalue weighted by Gasteiger charge is -2.36. The van der Waals surface area contributed by atoms with Crippen LogP contribution in [-0.2, 0) is 6.54 Å². The molecular formula is C24H24ClN5O2. The summed E-state index contributed by atoms with van der Waals surface area (Å²) < 4.78 is 1.30. The van der Waals surface area contributed by atoms with Gasteiger partial charge in [-0.1, -0.05) is 54.1 Å². The largest absolute Gasteiger partial charge is 0.368 e. The van der Waals surface area contributed by atoms with Crippen LogP contribution in [0.15, 0.2) is 70.3 Å². The molecule has 0 bridgehead atoms. The monoisotopic (exact) mass is 449 g/mol. The quantitative estimate of drug-likeness (QED) is 0.490. The molecular weight excluding hydrogens is 426 g/mol. The molecule has 2 aromatic carbocycles. The molecule has 0 amide bonds. The van der Waals surface area contributed by atoms with E-state index in [1.54, 1.807) is 0 Å². The Labute approximate surface area is 189 Å². The number of fused-ring (bicyclic) bond motifs is 1. The Morgan fingerprint density at radius 1 is 0.844 bits per heavy atom. The van der Waals surface area contributed by atoms with E-state index in [4.69, 9.17) is 11.6 Å². The van der Waals surface area contributed by atoms with Crippen molar-refractivity contribution in [2.24, 2.45) is 0 Å². The molecule has 2 aromatic heterocycles. The van der Waals surface area contributed by atoms with Gasteiger partial charge in [-0.05, 0) is 23.8 Å². The number of aromatic amines is 2. The van der Waals surface area contributed by atoms with Gasteiger partial charge in [-0.3, -0.25) is 19.2 Å². The Bertz CT molecular complexity index is 1350. The molecule has 1 fully saturated rings. The summed E-state index contributed by atoms with van der Waals surface area (Å²) in [4.78, 5) is 36.1. The van der Waals surface area contributed by atoms with Crippen LogP contribution in [0.5, 0.6) is 0 Å². The molecule has 2 N–H and O–H groups in total. The maximum absolute atomic E-state index is 13.0. The first-order chi connectivity index (χ1) is 15.6. The molecule has 164 valence electrons. The van der Waals surface area contributed by atoms with Gasteiger partial charge in [0, 0.05) is 45.0 Å². The Kier molecular flexibility index (Phi) is 5.59. The molecule has 0 atom stereocenters. The number of nitrogens with one attached hydrogen (secondary N) is 2. The standard InChI is InChI=1S/C24H24ClN5O2/c25-19-8-4-5-9-21(19)29-13-10-28(11-14-29)12-15-30-23(31)18-16-20(17-6-2-1-3-7-17)26-22(18)27-24(30)32/h1-9,16,26H,10-15H2,(H,27,32). The van der Waals surface area contributed by atoms with Crippen molar-refractivity contribution in [3.8, 4) is 11.3 Å². The molecule has 3 heterocycles. The minimum Gasteiger partial charge on any atom is -0.368 e. The highest BCUT2D eigenvalue weighted by Crippen LogP contribution is 2.26. The summed E-state index contributed by atoms with van der Waals surface area (Å²) in [6.45, 7) is 4.40. The van der Waals surface area contributed by atoms with Crippen LogP contribution in [0.2, 0.25) is 5.02 Å². The second kappa shape index (κ2) is 8.68. The number of para-hydroxylation sites is 1. The van der Waals surface area contributed by atoms with Crippen molar-refractivity contribution in [2.75, 3.05) is 37.6 Å². The number of piperazine rings is 1. The molecule has 0 radical (unpaired) electrons. The molecule has 7 nitrogen and oxygen atoms in total. The molecule has 0 spiro atoms. The Hall–Kier alpha value is -3.29. The summed E-state index contributed by atoms with van der Waals surface area (Å²) in [6.07, 6.45) is 0. The molecule has 5 rings (SSSR count). The van der Waals surface area contributed by atoms with Gasteiger partial charge in [0.05, 0.1) is 16.1 Å². The minimum atomic E-state index is -0.390. The van der Waals surface area contributed by atoms with Crippen molar-refractivity contribution in [1.29, 1.82) is 0 Å². The third-order valence-electron chi connectivity index (χ3n) is 6.06. The fraction of sp³-hybridized carbons (Fsp3) is 0.250. The van der Waals surface area contributed by atoms with Gasteiger partial charge in [0.15, 0.2) is 0 Å². The fourth-order valence-corrected chi connectivity index (χ4v) is 4.53. The van der Waals surface area contributed by atoms with Crippen LogP contribution >= 0.6 is 11.6 Å². The van der Waals surface area contributed by atoms with E-state index in [0.717, 1.165) is 48.1 Å². The van der Waals surface area contributed by atoms with Gasteiger partial charge in [-0.2, -0.15) is 0 Å². The van der Waals surface area contributed by atoms with E-state index in [-0.39, 0.29) is 5.56 Å². The summed E-state index contributed by atoms with van der Waals surface area (Å²) in [7, 11) is 0. The highest BCUT2D eigenvalue weighted by molar-refractivity contribution is 6.33. The molecule has 32 heavy (non-hydrogen) atoms. The highest BCUT2D eigenvalue weighted by Gasteiger charge is 2.19. The zero-order valence-corrected chi connectivity index (χ0v) is 18.3. The maximum Gasteiger partial charge on any atom is 0.329 e. The highest BCUT2D eigenvalue weighted by atomic mass is 35.5. The van der Waals surface area contributed by atoms with Crippen LogP contribution in [0.1, 0.15) is 0 Å². The van der Waals surface area contributed by atoms with E-state index >= 15 is 0 Å². The van der Waals surface area contributed by atoms with E-state index in [2.05, 4.69) is 19.8 Å². The molecule has 0 saturated carbocycles. The van der Waals surface area contributed by atoms with E-state index in [1.165, 1.54) is 4.57 Å². The lowest BCUT2D eigenvalue weighted by Crippen LogP contribution is -2.48.